The smallest absolute Gasteiger partial charge is 0.304 e. The van der Waals surface area contributed by atoms with Crippen molar-refractivity contribution in [2.45, 2.75) is 39.0 Å². The van der Waals surface area contributed by atoms with Gasteiger partial charge < -0.3 is 10.4 Å². The number of rotatable bonds is 5. The summed E-state index contributed by atoms with van der Waals surface area (Å²) in [6, 6.07) is 3.76. The maximum Gasteiger partial charge on any atom is 0.304 e. The lowest BCUT2D eigenvalue weighted by Gasteiger charge is -2.29. The highest BCUT2D eigenvalue weighted by Crippen LogP contribution is 2.18. The van der Waals surface area contributed by atoms with E-state index in [0.29, 0.717) is 12.1 Å². The number of hydrogen-bond acceptors (Lipinski definition) is 4. The lowest BCUT2D eigenvalue weighted by atomic mass is 9.98. The summed E-state index contributed by atoms with van der Waals surface area (Å²) < 4.78 is 13.4. The van der Waals surface area contributed by atoms with Crippen LogP contribution in [0.3, 0.4) is 0 Å². The van der Waals surface area contributed by atoms with Crippen LogP contribution in [-0.4, -0.2) is 21.7 Å². The first-order valence-corrected chi connectivity index (χ1v) is 5.60. The van der Waals surface area contributed by atoms with Gasteiger partial charge in [0, 0.05) is 18.2 Å². The second-order valence-corrected chi connectivity index (χ2v) is 4.79. The molecule has 0 fully saturated rings. The standard InChI is InChI=1S/C12H17FN2O3/c1-8(16)12(2,3)14-7-9-4-5-11(15(17)18)10(13)6-9/h4-6,8,14,16H,7H2,1-3H3. The second kappa shape index (κ2) is 5.41. The van der Waals surface area contributed by atoms with Crippen LogP contribution in [0.4, 0.5) is 10.1 Å². The number of nitrogens with one attached hydrogen (secondary N) is 1. The molecule has 2 N–H and O–H groups in total. The molecule has 1 rings (SSSR count). The third-order valence-electron chi connectivity index (χ3n) is 3.00. The highest BCUT2D eigenvalue weighted by molar-refractivity contribution is 5.35. The zero-order valence-corrected chi connectivity index (χ0v) is 10.6. The molecular weight excluding hydrogens is 239 g/mol. The van der Waals surface area contributed by atoms with E-state index in [1.54, 1.807) is 6.92 Å². The maximum atomic E-state index is 13.4. The number of nitro benzene ring substituents is 1. The molecular formula is C12H17FN2O3. The largest absolute Gasteiger partial charge is 0.392 e. The zero-order valence-electron chi connectivity index (χ0n) is 10.6. The van der Waals surface area contributed by atoms with E-state index < -0.39 is 28.1 Å². The summed E-state index contributed by atoms with van der Waals surface area (Å²) >= 11 is 0. The summed E-state index contributed by atoms with van der Waals surface area (Å²) in [7, 11) is 0. The Bertz CT molecular complexity index is 447. The molecule has 0 radical (unpaired) electrons. The summed E-state index contributed by atoms with van der Waals surface area (Å²) in [4.78, 5) is 9.70. The molecule has 0 saturated carbocycles. The number of aliphatic hydroxyl groups is 1. The molecule has 0 heterocycles. The van der Waals surface area contributed by atoms with Gasteiger partial charge in [-0.3, -0.25) is 10.1 Å². The SMILES string of the molecule is CC(O)C(C)(C)NCc1ccc([N+](=O)[O-])c(F)c1. The third kappa shape index (κ3) is 3.48. The first-order chi connectivity index (χ1) is 8.24. The number of benzene rings is 1. The Balaban J connectivity index is 2.76. The summed E-state index contributed by atoms with van der Waals surface area (Å²) in [5.74, 6) is -0.853. The van der Waals surface area contributed by atoms with Crippen molar-refractivity contribution in [3.8, 4) is 0 Å². The quantitative estimate of drug-likeness (QED) is 0.624. The van der Waals surface area contributed by atoms with Crippen molar-refractivity contribution in [2.24, 2.45) is 0 Å². The maximum absolute atomic E-state index is 13.4. The van der Waals surface area contributed by atoms with Gasteiger partial charge in [-0.25, -0.2) is 0 Å². The van der Waals surface area contributed by atoms with Crippen molar-refractivity contribution in [3.05, 3.63) is 39.7 Å². The summed E-state index contributed by atoms with van der Waals surface area (Å²) in [6.45, 7) is 5.62. The third-order valence-corrected chi connectivity index (χ3v) is 3.00. The Morgan fingerprint density at radius 2 is 2.17 bits per heavy atom. The van der Waals surface area contributed by atoms with Crippen molar-refractivity contribution < 1.29 is 14.4 Å². The van der Waals surface area contributed by atoms with E-state index in [9.17, 15) is 19.6 Å². The van der Waals surface area contributed by atoms with Crippen LogP contribution in [0.15, 0.2) is 18.2 Å². The Hall–Kier alpha value is -1.53. The first kappa shape index (κ1) is 14.5. The van der Waals surface area contributed by atoms with Crippen LogP contribution >= 0.6 is 0 Å². The molecule has 1 aromatic rings. The van der Waals surface area contributed by atoms with Crippen molar-refractivity contribution in [1.82, 2.24) is 5.32 Å². The van der Waals surface area contributed by atoms with Gasteiger partial charge in [0.2, 0.25) is 5.82 Å². The molecule has 0 aromatic heterocycles. The van der Waals surface area contributed by atoms with Crippen LogP contribution in [0.5, 0.6) is 0 Å². The van der Waals surface area contributed by atoms with Gasteiger partial charge in [-0.15, -0.1) is 0 Å². The van der Waals surface area contributed by atoms with E-state index in [1.165, 1.54) is 6.07 Å². The molecule has 0 bridgehead atoms. The molecule has 0 aliphatic rings. The van der Waals surface area contributed by atoms with Crippen molar-refractivity contribution in [2.75, 3.05) is 0 Å². The molecule has 1 aromatic carbocycles. The minimum atomic E-state index is -0.853. The molecule has 100 valence electrons. The normalized spacial score (nSPS) is 13.4. The number of nitro groups is 1. The number of nitrogens with zero attached hydrogens (tertiary/aromatic N) is 1. The van der Waals surface area contributed by atoms with E-state index in [1.807, 2.05) is 13.8 Å². The highest BCUT2D eigenvalue weighted by Gasteiger charge is 2.23. The van der Waals surface area contributed by atoms with Crippen LogP contribution in [0.1, 0.15) is 26.3 Å². The Morgan fingerprint density at radius 3 is 2.61 bits per heavy atom. The first-order valence-electron chi connectivity index (χ1n) is 5.60. The van der Waals surface area contributed by atoms with E-state index in [2.05, 4.69) is 5.32 Å². The minimum Gasteiger partial charge on any atom is -0.392 e. The average Bonchev–Trinajstić information content (AvgIpc) is 2.25. The molecule has 0 saturated heterocycles. The van der Waals surface area contributed by atoms with E-state index >= 15 is 0 Å². The number of aliphatic hydroxyl groups excluding tert-OH is 1. The van der Waals surface area contributed by atoms with E-state index in [4.69, 9.17) is 0 Å². The molecule has 1 unspecified atom stereocenters. The lowest BCUT2D eigenvalue weighted by molar-refractivity contribution is -0.387. The minimum absolute atomic E-state index is 0.326. The van der Waals surface area contributed by atoms with Crippen molar-refractivity contribution in [1.29, 1.82) is 0 Å². The number of hydrogen-bond donors (Lipinski definition) is 2. The lowest BCUT2D eigenvalue weighted by Crippen LogP contribution is -2.47. The topological polar surface area (TPSA) is 75.4 Å². The fourth-order valence-electron chi connectivity index (χ4n) is 1.29. The molecule has 0 spiro atoms. The average molecular weight is 256 g/mol. The van der Waals surface area contributed by atoms with Gasteiger partial charge in [-0.1, -0.05) is 6.07 Å². The highest BCUT2D eigenvalue weighted by atomic mass is 19.1. The van der Waals surface area contributed by atoms with Crippen LogP contribution in [0.25, 0.3) is 0 Å². The second-order valence-electron chi connectivity index (χ2n) is 4.79. The van der Waals surface area contributed by atoms with Crippen molar-refractivity contribution >= 4 is 5.69 Å². The van der Waals surface area contributed by atoms with Gasteiger partial charge in [-0.2, -0.15) is 4.39 Å². The van der Waals surface area contributed by atoms with Crippen LogP contribution < -0.4 is 5.32 Å². The fraction of sp³-hybridized carbons (Fsp3) is 0.500. The summed E-state index contributed by atoms with van der Waals surface area (Å²) in [6.07, 6.45) is -0.569. The van der Waals surface area contributed by atoms with E-state index in [-0.39, 0.29) is 0 Å². The molecule has 5 nitrogen and oxygen atoms in total. The van der Waals surface area contributed by atoms with Gasteiger partial charge in [-0.05, 0) is 32.4 Å². The summed E-state index contributed by atoms with van der Waals surface area (Å²) in [5.41, 5.74) is -0.460. The van der Waals surface area contributed by atoms with Crippen molar-refractivity contribution in [3.63, 3.8) is 0 Å². The monoisotopic (exact) mass is 256 g/mol. The van der Waals surface area contributed by atoms with Crippen LogP contribution in [0, 0.1) is 15.9 Å². The molecule has 1 atom stereocenters. The Labute approximate surface area is 105 Å². The molecule has 6 heteroatoms. The molecule has 0 amide bonds. The molecule has 0 aliphatic carbocycles. The Morgan fingerprint density at radius 1 is 1.56 bits per heavy atom. The van der Waals surface area contributed by atoms with Crippen LogP contribution in [0.2, 0.25) is 0 Å². The van der Waals surface area contributed by atoms with Gasteiger partial charge in [0.1, 0.15) is 0 Å². The van der Waals surface area contributed by atoms with Gasteiger partial charge in [0.05, 0.1) is 11.0 Å². The fourth-order valence-corrected chi connectivity index (χ4v) is 1.29. The predicted octanol–water partition coefficient (Wildman–Crippen LogP) is 1.98. The van der Waals surface area contributed by atoms with Gasteiger partial charge in [0.15, 0.2) is 0 Å². The van der Waals surface area contributed by atoms with Crippen LogP contribution in [-0.2, 0) is 6.54 Å². The molecule has 0 aliphatic heterocycles. The zero-order chi connectivity index (χ0) is 13.9. The predicted molar refractivity (Wildman–Crippen MR) is 65.7 cm³/mol. The number of halogens is 1. The Kier molecular flexibility index (Phi) is 4.37. The van der Waals surface area contributed by atoms with E-state index in [0.717, 1.165) is 12.1 Å². The van der Waals surface area contributed by atoms with Gasteiger partial charge in [0.25, 0.3) is 0 Å². The molecule has 18 heavy (non-hydrogen) atoms. The van der Waals surface area contributed by atoms with Gasteiger partial charge >= 0.3 is 5.69 Å². The summed E-state index contributed by atoms with van der Waals surface area (Å²) in [5, 5.41) is 23.0.